The summed E-state index contributed by atoms with van der Waals surface area (Å²) in [5.74, 6) is 1.99. The van der Waals surface area contributed by atoms with Crippen molar-refractivity contribution in [3.8, 4) is 0 Å². The van der Waals surface area contributed by atoms with Gasteiger partial charge in [-0.15, -0.1) is 11.8 Å². The van der Waals surface area contributed by atoms with E-state index in [2.05, 4.69) is 50.2 Å². The Morgan fingerprint density at radius 1 is 1.12 bits per heavy atom. The number of Topliss-reactive ketones (excluding diaryl/α,β-unsaturated/α-hetero) is 1. The monoisotopic (exact) mass is 359 g/mol. The van der Waals surface area contributed by atoms with Crippen LogP contribution in [0.2, 0.25) is 0 Å². The fraction of sp³-hybridized carbons (Fsp3) is 0.524. The predicted octanol–water partition coefficient (Wildman–Crippen LogP) is 5.23. The zero-order valence-corrected chi connectivity index (χ0v) is 16.8. The molecule has 0 amide bonds. The summed E-state index contributed by atoms with van der Waals surface area (Å²) in [5.41, 5.74) is 1.99. The third-order valence-electron chi connectivity index (χ3n) is 4.23. The van der Waals surface area contributed by atoms with Gasteiger partial charge in [0.1, 0.15) is 5.76 Å². The van der Waals surface area contributed by atoms with Gasteiger partial charge in [-0.25, -0.2) is 0 Å². The van der Waals surface area contributed by atoms with Crippen LogP contribution in [0.15, 0.2) is 40.9 Å². The number of aryl methyl sites for hydroxylation is 1. The lowest BCUT2D eigenvalue weighted by molar-refractivity contribution is -0.120. The lowest BCUT2D eigenvalue weighted by atomic mass is 9.92. The van der Waals surface area contributed by atoms with E-state index in [4.69, 9.17) is 4.52 Å². The average Bonchev–Trinajstić information content (AvgIpc) is 3.01. The molecule has 0 N–H and O–H groups in total. The number of nitrogens with zero attached hydrogens (tertiary/aromatic N) is 1. The molecular weight excluding hydrogens is 330 g/mol. The van der Waals surface area contributed by atoms with Gasteiger partial charge in [0, 0.05) is 11.5 Å². The number of rotatable bonds is 8. The Bertz CT molecular complexity index is 683. The second-order valence-electron chi connectivity index (χ2n) is 7.98. The molecule has 0 spiro atoms. The highest BCUT2D eigenvalue weighted by molar-refractivity contribution is 8.01. The van der Waals surface area contributed by atoms with Gasteiger partial charge in [-0.1, -0.05) is 56.3 Å². The molecule has 0 aliphatic rings. The molecule has 3 nitrogen and oxygen atoms in total. The molecule has 1 aromatic heterocycles. The van der Waals surface area contributed by atoms with Crippen molar-refractivity contribution in [2.75, 3.05) is 5.75 Å². The molecule has 0 fully saturated rings. The van der Waals surface area contributed by atoms with Crippen LogP contribution in [0.5, 0.6) is 0 Å². The standard InChI is InChI=1S/C21H29NO2S/c1-20(2,3)19-15-17(22-24-19)14-18(23)21(4,5)25-13-9-12-16-10-7-6-8-11-16/h6-8,10-11,15H,9,12-14H2,1-5H3. The summed E-state index contributed by atoms with van der Waals surface area (Å²) in [5, 5.41) is 4.07. The first kappa shape index (κ1) is 19.8. The van der Waals surface area contributed by atoms with Crippen LogP contribution in [0.25, 0.3) is 0 Å². The van der Waals surface area contributed by atoms with Gasteiger partial charge < -0.3 is 4.52 Å². The molecule has 2 aromatic rings. The van der Waals surface area contributed by atoms with Crippen molar-refractivity contribution in [1.82, 2.24) is 5.16 Å². The number of hydrogen-bond donors (Lipinski definition) is 0. The summed E-state index contributed by atoms with van der Waals surface area (Å²) in [6.07, 6.45) is 2.46. The number of hydrogen-bond acceptors (Lipinski definition) is 4. The van der Waals surface area contributed by atoms with Crippen molar-refractivity contribution in [2.24, 2.45) is 0 Å². The van der Waals surface area contributed by atoms with Gasteiger partial charge in [0.2, 0.25) is 0 Å². The van der Waals surface area contributed by atoms with Crippen LogP contribution < -0.4 is 0 Å². The number of benzene rings is 1. The summed E-state index contributed by atoms with van der Waals surface area (Å²) >= 11 is 1.73. The summed E-state index contributed by atoms with van der Waals surface area (Å²) < 4.78 is 4.98. The van der Waals surface area contributed by atoms with Crippen LogP contribution in [0.1, 0.15) is 58.1 Å². The minimum atomic E-state index is -0.405. The zero-order valence-electron chi connectivity index (χ0n) is 16.0. The third-order valence-corrected chi connectivity index (χ3v) is 5.67. The van der Waals surface area contributed by atoms with E-state index in [1.54, 1.807) is 11.8 Å². The van der Waals surface area contributed by atoms with Gasteiger partial charge in [-0.3, -0.25) is 4.79 Å². The molecule has 25 heavy (non-hydrogen) atoms. The highest BCUT2D eigenvalue weighted by Gasteiger charge is 2.29. The first-order valence-electron chi connectivity index (χ1n) is 8.86. The topological polar surface area (TPSA) is 43.1 Å². The largest absolute Gasteiger partial charge is 0.361 e. The van der Waals surface area contributed by atoms with E-state index in [9.17, 15) is 4.79 Å². The predicted molar refractivity (Wildman–Crippen MR) is 105 cm³/mol. The van der Waals surface area contributed by atoms with E-state index < -0.39 is 4.75 Å². The molecule has 136 valence electrons. The molecule has 0 saturated heterocycles. The Hall–Kier alpha value is -1.55. The first-order chi connectivity index (χ1) is 11.7. The molecule has 1 heterocycles. The molecule has 0 atom stereocenters. The maximum Gasteiger partial charge on any atom is 0.154 e. The fourth-order valence-electron chi connectivity index (χ4n) is 2.45. The van der Waals surface area contributed by atoms with Crippen LogP contribution in [-0.2, 0) is 23.1 Å². The van der Waals surface area contributed by atoms with Gasteiger partial charge in [-0.05, 0) is 38.0 Å². The zero-order chi connectivity index (χ0) is 18.5. The Kier molecular flexibility index (Phi) is 6.50. The second kappa shape index (κ2) is 8.22. The number of thioether (sulfide) groups is 1. The molecule has 4 heteroatoms. The molecule has 0 radical (unpaired) electrons. The minimum absolute atomic E-state index is 0.0873. The lowest BCUT2D eigenvalue weighted by Gasteiger charge is -2.22. The molecule has 0 bridgehead atoms. The van der Waals surface area contributed by atoms with E-state index in [0.29, 0.717) is 6.42 Å². The van der Waals surface area contributed by atoms with Crippen molar-refractivity contribution in [3.05, 3.63) is 53.4 Å². The Morgan fingerprint density at radius 3 is 2.40 bits per heavy atom. The van der Waals surface area contributed by atoms with Gasteiger partial charge in [0.15, 0.2) is 5.78 Å². The van der Waals surface area contributed by atoms with Gasteiger partial charge in [0.05, 0.1) is 16.9 Å². The molecule has 0 saturated carbocycles. The summed E-state index contributed by atoms with van der Waals surface area (Å²) in [7, 11) is 0. The lowest BCUT2D eigenvalue weighted by Crippen LogP contribution is -2.30. The van der Waals surface area contributed by atoms with Crippen molar-refractivity contribution < 1.29 is 9.32 Å². The number of aromatic nitrogens is 1. The van der Waals surface area contributed by atoms with Crippen molar-refractivity contribution in [2.45, 2.75) is 64.0 Å². The average molecular weight is 360 g/mol. The quantitative estimate of drug-likeness (QED) is 0.605. The van der Waals surface area contributed by atoms with Crippen LogP contribution in [-0.4, -0.2) is 21.4 Å². The molecule has 0 unspecified atom stereocenters. The van der Waals surface area contributed by atoms with E-state index in [0.717, 1.165) is 30.0 Å². The minimum Gasteiger partial charge on any atom is -0.361 e. The highest BCUT2D eigenvalue weighted by atomic mass is 32.2. The fourth-order valence-corrected chi connectivity index (χ4v) is 3.49. The number of ketones is 1. The molecular formula is C21H29NO2S. The van der Waals surface area contributed by atoms with E-state index in [-0.39, 0.29) is 11.2 Å². The van der Waals surface area contributed by atoms with Crippen LogP contribution in [0, 0.1) is 0 Å². The Labute approximate surface area is 155 Å². The van der Waals surface area contributed by atoms with E-state index in [1.165, 1.54) is 5.56 Å². The SMILES string of the molecule is CC(C)(SCCCc1ccccc1)C(=O)Cc1cc(C(C)(C)C)on1. The van der Waals surface area contributed by atoms with Crippen LogP contribution >= 0.6 is 11.8 Å². The summed E-state index contributed by atoms with van der Waals surface area (Å²) in [4.78, 5) is 12.7. The highest BCUT2D eigenvalue weighted by Crippen LogP contribution is 2.29. The number of carbonyl (C=O) groups is 1. The molecule has 0 aliphatic carbocycles. The summed E-state index contributed by atoms with van der Waals surface area (Å²) in [6, 6.07) is 12.4. The van der Waals surface area contributed by atoms with Gasteiger partial charge in [-0.2, -0.15) is 0 Å². The molecule has 2 rings (SSSR count). The van der Waals surface area contributed by atoms with Crippen molar-refractivity contribution in [3.63, 3.8) is 0 Å². The van der Waals surface area contributed by atoms with E-state index in [1.807, 2.05) is 26.0 Å². The van der Waals surface area contributed by atoms with Crippen molar-refractivity contribution in [1.29, 1.82) is 0 Å². The van der Waals surface area contributed by atoms with Crippen LogP contribution in [0.4, 0.5) is 0 Å². The first-order valence-corrected chi connectivity index (χ1v) is 9.84. The second-order valence-corrected chi connectivity index (χ2v) is 9.70. The van der Waals surface area contributed by atoms with Crippen molar-refractivity contribution >= 4 is 17.5 Å². The number of carbonyl (C=O) groups excluding carboxylic acids is 1. The van der Waals surface area contributed by atoms with Gasteiger partial charge >= 0.3 is 0 Å². The maximum atomic E-state index is 12.7. The van der Waals surface area contributed by atoms with Gasteiger partial charge in [0.25, 0.3) is 0 Å². The third kappa shape index (κ3) is 6.03. The molecule has 1 aromatic carbocycles. The smallest absolute Gasteiger partial charge is 0.154 e. The Balaban J connectivity index is 1.82. The van der Waals surface area contributed by atoms with Crippen LogP contribution in [0.3, 0.4) is 0 Å². The van der Waals surface area contributed by atoms with E-state index >= 15 is 0 Å². The normalized spacial score (nSPS) is 12.4. The maximum absolute atomic E-state index is 12.7. The molecule has 0 aliphatic heterocycles. The Morgan fingerprint density at radius 2 is 1.80 bits per heavy atom. The summed E-state index contributed by atoms with van der Waals surface area (Å²) in [6.45, 7) is 10.2.